The van der Waals surface area contributed by atoms with Gasteiger partial charge in [0.25, 0.3) is 5.91 Å². The van der Waals surface area contributed by atoms with E-state index < -0.39 is 0 Å². The van der Waals surface area contributed by atoms with Crippen LogP contribution in [-0.4, -0.2) is 56.9 Å². The van der Waals surface area contributed by atoms with Gasteiger partial charge >= 0.3 is 0 Å². The fraction of sp³-hybridized carbons (Fsp3) is 0.412. The van der Waals surface area contributed by atoms with Crippen LogP contribution in [0.4, 0.5) is 11.8 Å². The van der Waals surface area contributed by atoms with E-state index in [2.05, 4.69) is 19.9 Å². The molecule has 0 unspecified atom stereocenters. The molecule has 0 bridgehead atoms. The summed E-state index contributed by atoms with van der Waals surface area (Å²) in [5.74, 6) is 1.29. The summed E-state index contributed by atoms with van der Waals surface area (Å²) in [6, 6.07) is 1.95. The minimum Gasteiger partial charge on any atom is -0.382 e. The Balaban J connectivity index is 1.68. The molecular weight excluding hydrogens is 332 g/mol. The van der Waals surface area contributed by atoms with Crippen LogP contribution in [0.5, 0.6) is 0 Å². The molecule has 3 rings (SSSR count). The molecule has 1 fully saturated rings. The van der Waals surface area contributed by atoms with Crippen LogP contribution in [-0.2, 0) is 6.42 Å². The van der Waals surface area contributed by atoms with Gasteiger partial charge in [-0.1, -0.05) is 6.92 Å². The quantitative estimate of drug-likeness (QED) is 0.853. The summed E-state index contributed by atoms with van der Waals surface area (Å²) in [4.78, 5) is 33.2. The Bertz CT molecular complexity index is 830. The van der Waals surface area contributed by atoms with Gasteiger partial charge in [-0.2, -0.15) is 10.2 Å². The lowest BCUT2D eigenvalue weighted by Gasteiger charge is -2.22. The molecule has 0 atom stereocenters. The zero-order valence-electron chi connectivity index (χ0n) is 14.6. The number of amides is 1. The number of nitriles is 1. The first-order chi connectivity index (χ1) is 12.6. The van der Waals surface area contributed by atoms with E-state index in [0.29, 0.717) is 37.7 Å². The van der Waals surface area contributed by atoms with Crippen LogP contribution >= 0.6 is 0 Å². The van der Waals surface area contributed by atoms with E-state index in [1.54, 1.807) is 17.3 Å². The lowest BCUT2D eigenvalue weighted by molar-refractivity contribution is 0.0766. The topological polar surface area (TPSA) is 125 Å². The second-order valence-corrected chi connectivity index (χ2v) is 5.96. The van der Waals surface area contributed by atoms with Gasteiger partial charge in [-0.15, -0.1) is 0 Å². The van der Waals surface area contributed by atoms with Crippen molar-refractivity contribution in [1.29, 1.82) is 5.26 Å². The van der Waals surface area contributed by atoms with Crippen molar-refractivity contribution < 1.29 is 4.79 Å². The van der Waals surface area contributed by atoms with Gasteiger partial charge in [0.05, 0.1) is 11.8 Å². The molecule has 1 aliphatic heterocycles. The second-order valence-electron chi connectivity index (χ2n) is 5.96. The molecule has 3 heterocycles. The van der Waals surface area contributed by atoms with Crippen LogP contribution in [0.25, 0.3) is 0 Å². The summed E-state index contributed by atoms with van der Waals surface area (Å²) in [7, 11) is 0. The predicted molar refractivity (Wildman–Crippen MR) is 95.3 cm³/mol. The summed E-state index contributed by atoms with van der Waals surface area (Å²) in [5.41, 5.74) is 6.53. The third-order valence-electron chi connectivity index (χ3n) is 4.26. The van der Waals surface area contributed by atoms with Gasteiger partial charge in [0.1, 0.15) is 23.3 Å². The Morgan fingerprint density at radius 2 is 1.96 bits per heavy atom. The van der Waals surface area contributed by atoms with Crippen LogP contribution in [0, 0.1) is 11.3 Å². The van der Waals surface area contributed by atoms with Gasteiger partial charge < -0.3 is 15.5 Å². The third-order valence-corrected chi connectivity index (χ3v) is 4.26. The van der Waals surface area contributed by atoms with E-state index in [0.717, 1.165) is 18.7 Å². The minimum atomic E-state index is -0.0743. The monoisotopic (exact) mass is 352 g/mol. The molecule has 9 nitrogen and oxygen atoms in total. The number of aryl methyl sites for hydroxylation is 1. The van der Waals surface area contributed by atoms with E-state index >= 15 is 0 Å². The van der Waals surface area contributed by atoms with Crippen molar-refractivity contribution in [3.8, 4) is 6.07 Å². The fourth-order valence-corrected chi connectivity index (χ4v) is 2.77. The van der Waals surface area contributed by atoms with E-state index in [1.165, 1.54) is 6.20 Å². The second kappa shape index (κ2) is 7.74. The van der Waals surface area contributed by atoms with Gasteiger partial charge in [0.2, 0.25) is 5.95 Å². The molecule has 9 heteroatoms. The Morgan fingerprint density at radius 1 is 1.19 bits per heavy atom. The largest absolute Gasteiger partial charge is 0.382 e. The summed E-state index contributed by atoms with van der Waals surface area (Å²) in [6.07, 6.45) is 6.12. The van der Waals surface area contributed by atoms with Crippen LogP contribution in [0.2, 0.25) is 0 Å². The number of hydrogen-bond acceptors (Lipinski definition) is 8. The molecule has 26 heavy (non-hydrogen) atoms. The molecule has 0 aromatic carbocycles. The fourth-order valence-electron chi connectivity index (χ4n) is 2.77. The maximum absolute atomic E-state index is 12.7. The first-order valence-corrected chi connectivity index (χ1v) is 8.50. The van der Waals surface area contributed by atoms with Crippen molar-refractivity contribution in [2.75, 3.05) is 36.8 Å². The summed E-state index contributed by atoms with van der Waals surface area (Å²) >= 11 is 0. The molecule has 0 spiro atoms. The van der Waals surface area contributed by atoms with Crippen molar-refractivity contribution in [3.63, 3.8) is 0 Å². The molecule has 2 aromatic heterocycles. The van der Waals surface area contributed by atoms with E-state index in [9.17, 15) is 4.79 Å². The highest BCUT2D eigenvalue weighted by Crippen LogP contribution is 2.16. The molecule has 1 amide bonds. The highest BCUT2D eigenvalue weighted by Gasteiger charge is 2.22. The molecule has 134 valence electrons. The average molecular weight is 352 g/mol. The first kappa shape index (κ1) is 17.5. The van der Waals surface area contributed by atoms with Gasteiger partial charge in [0, 0.05) is 45.0 Å². The van der Waals surface area contributed by atoms with Crippen molar-refractivity contribution in [3.05, 3.63) is 35.5 Å². The Labute approximate surface area is 151 Å². The zero-order valence-corrected chi connectivity index (χ0v) is 14.6. The van der Waals surface area contributed by atoms with Crippen molar-refractivity contribution in [2.45, 2.75) is 19.8 Å². The van der Waals surface area contributed by atoms with Gasteiger partial charge in [-0.3, -0.25) is 4.79 Å². The molecule has 0 aliphatic carbocycles. The zero-order chi connectivity index (χ0) is 18.5. The van der Waals surface area contributed by atoms with E-state index in [1.807, 2.05) is 17.9 Å². The normalized spacial score (nSPS) is 14.6. The molecule has 0 radical (unpaired) electrons. The Kier molecular flexibility index (Phi) is 5.22. The van der Waals surface area contributed by atoms with Crippen LogP contribution in [0.15, 0.2) is 18.6 Å². The van der Waals surface area contributed by atoms with E-state index in [-0.39, 0.29) is 17.3 Å². The highest BCUT2D eigenvalue weighted by atomic mass is 16.2. The van der Waals surface area contributed by atoms with Gasteiger partial charge in [0.15, 0.2) is 0 Å². The number of nitrogen functional groups attached to an aromatic ring is 1. The number of nitrogens with zero attached hydrogens (tertiary/aromatic N) is 7. The lowest BCUT2D eigenvalue weighted by Crippen LogP contribution is -2.35. The van der Waals surface area contributed by atoms with Crippen LogP contribution < -0.4 is 10.6 Å². The van der Waals surface area contributed by atoms with Crippen molar-refractivity contribution in [2.24, 2.45) is 0 Å². The average Bonchev–Trinajstić information content (AvgIpc) is 2.93. The molecule has 0 saturated carbocycles. The number of rotatable bonds is 3. The Morgan fingerprint density at radius 3 is 2.62 bits per heavy atom. The maximum atomic E-state index is 12.7. The first-order valence-electron chi connectivity index (χ1n) is 8.50. The van der Waals surface area contributed by atoms with Crippen molar-refractivity contribution >= 4 is 17.7 Å². The standard InChI is InChI=1S/C17H20N8O/c1-2-14-20-10-13(11-21-14)16(26)24-4-3-5-25(7-6-24)17-22-9-12(8-18)15(19)23-17/h9-11H,2-7H2,1H3,(H2,19,22,23). The van der Waals surface area contributed by atoms with Crippen LogP contribution in [0.1, 0.15) is 35.1 Å². The smallest absolute Gasteiger partial charge is 0.257 e. The maximum Gasteiger partial charge on any atom is 0.257 e. The summed E-state index contributed by atoms with van der Waals surface area (Å²) in [6.45, 7) is 4.44. The Hall–Kier alpha value is -3.28. The van der Waals surface area contributed by atoms with Gasteiger partial charge in [-0.05, 0) is 6.42 Å². The molecular formula is C17H20N8O. The third kappa shape index (κ3) is 3.69. The van der Waals surface area contributed by atoms with Crippen molar-refractivity contribution in [1.82, 2.24) is 24.8 Å². The number of hydrogen-bond donors (Lipinski definition) is 1. The number of aromatic nitrogens is 4. The summed E-state index contributed by atoms with van der Waals surface area (Å²) in [5, 5.41) is 8.92. The molecule has 2 aromatic rings. The SMILES string of the molecule is CCc1ncc(C(=O)N2CCCN(c3ncc(C#N)c(N)n3)CC2)cn1. The number of carbonyl (C=O) groups is 1. The number of anilines is 2. The van der Waals surface area contributed by atoms with Gasteiger partial charge in [-0.25, -0.2) is 15.0 Å². The minimum absolute atomic E-state index is 0.0743. The summed E-state index contributed by atoms with van der Waals surface area (Å²) < 4.78 is 0. The number of carbonyl (C=O) groups excluding carboxylic acids is 1. The van der Waals surface area contributed by atoms with Crippen LogP contribution in [0.3, 0.4) is 0 Å². The molecule has 1 aliphatic rings. The predicted octanol–water partition coefficient (Wildman–Crippen LogP) is 0.635. The van der Waals surface area contributed by atoms with E-state index in [4.69, 9.17) is 11.0 Å². The highest BCUT2D eigenvalue weighted by molar-refractivity contribution is 5.93. The molecule has 2 N–H and O–H groups in total. The molecule has 1 saturated heterocycles. The number of nitrogens with two attached hydrogens (primary N) is 1. The lowest BCUT2D eigenvalue weighted by atomic mass is 10.2.